The summed E-state index contributed by atoms with van der Waals surface area (Å²) in [7, 11) is 0. The molecule has 1 fully saturated rings. The van der Waals surface area contributed by atoms with Gasteiger partial charge in [0.2, 0.25) is 5.91 Å². The number of piperidine rings is 1. The molecule has 6 nitrogen and oxygen atoms in total. The number of nitrogens with one attached hydrogen (secondary N) is 1. The fourth-order valence-electron chi connectivity index (χ4n) is 3.21. The van der Waals surface area contributed by atoms with E-state index in [2.05, 4.69) is 23.2 Å². The Hall–Kier alpha value is -2.08. The molecular weight excluding hydrogens is 296 g/mol. The summed E-state index contributed by atoms with van der Waals surface area (Å²) in [6.07, 6.45) is 1.30. The van der Waals surface area contributed by atoms with Gasteiger partial charge in [-0.15, -0.1) is 0 Å². The van der Waals surface area contributed by atoms with Gasteiger partial charge in [0.25, 0.3) is 0 Å². The number of benzene rings is 1. The lowest BCUT2D eigenvalue weighted by atomic mass is 9.81. The second kappa shape index (κ2) is 7.97. The van der Waals surface area contributed by atoms with E-state index in [1.54, 1.807) is 6.07 Å². The Morgan fingerprint density at radius 3 is 2.83 bits per heavy atom. The summed E-state index contributed by atoms with van der Waals surface area (Å²) >= 11 is 0. The minimum atomic E-state index is -1.03. The third-order valence-corrected chi connectivity index (χ3v) is 4.38. The van der Waals surface area contributed by atoms with Gasteiger partial charge in [0.05, 0.1) is 0 Å². The first kappa shape index (κ1) is 17.3. The van der Waals surface area contributed by atoms with Crippen molar-refractivity contribution in [1.82, 2.24) is 10.2 Å². The molecule has 1 aliphatic heterocycles. The Kier molecular flexibility index (Phi) is 5.98. The molecule has 1 aliphatic rings. The number of likely N-dealkylation sites (tertiary alicyclic amines) is 1. The number of carboxylic acid groups (broad SMARTS) is 1. The van der Waals surface area contributed by atoms with Crippen LogP contribution in [0.15, 0.2) is 24.3 Å². The van der Waals surface area contributed by atoms with E-state index >= 15 is 0 Å². The highest BCUT2D eigenvalue weighted by Crippen LogP contribution is 2.33. The molecule has 0 saturated carbocycles. The number of nitrogens with zero attached hydrogens (tertiary/aromatic N) is 1. The maximum absolute atomic E-state index is 11.6. The van der Waals surface area contributed by atoms with Crippen molar-refractivity contribution < 1.29 is 19.8 Å². The van der Waals surface area contributed by atoms with Crippen molar-refractivity contribution in [2.75, 3.05) is 26.2 Å². The van der Waals surface area contributed by atoms with E-state index in [1.165, 1.54) is 0 Å². The van der Waals surface area contributed by atoms with Crippen molar-refractivity contribution in [2.45, 2.75) is 25.7 Å². The van der Waals surface area contributed by atoms with Crippen molar-refractivity contribution >= 4 is 11.9 Å². The van der Waals surface area contributed by atoms with Crippen molar-refractivity contribution in [1.29, 1.82) is 0 Å². The van der Waals surface area contributed by atoms with Crippen LogP contribution in [-0.4, -0.2) is 53.2 Å². The Bertz CT molecular complexity index is 561. The maximum Gasteiger partial charge on any atom is 0.322 e. The van der Waals surface area contributed by atoms with E-state index in [1.807, 2.05) is 12.1 Å². The van der Waals surface area contributed by atoms with Crippen LogP contribution in [0.5, 0.6) is 5.75 Å². The largest absolute Gasteiger partial charge is 0.508 e. The summed E-state index contributed by atoms with van der Waals surface area (Å²) in [6, 6.07) is 7.43. The van der Waals surface area contributed by atoms with Crippen LogP contribution in [0, 0.1) is 5.92 Å². The summed E-state index contributed by atoms with van der Waals surface area (Å²) < 4.78 is 0. The van der Waals surface area contributed by atoms with Gasteiger partial charge in [0.1, 0.15) is 12.3 Å². The summed E-state index contributed by atoms with van der Waals surface area (Å²) in [5.41, 5.74) is 1.16. The number of carbonyl (C=O) groups excluding carboxylic acids is 1. The zero-order valence-electron chi connectivity index (χ0n) is 13.4. The molecule has 0 aliphatic carbocycles. The summed E-state index contributed by atoms with van der Waals surface area (Å²) in [5, 5.41) is 20.5. The molecule has 6 heteroatoms. The standard InChI is InChI=1S/C17H24N2O4/c1-12-11-19(8-6-16(21)18-10-17(22)23)7-5-15(12)13-3-2-4-14(20)9-13/h2-4,9,12,15,20H,5-8,10-11H2,1H3,(H,18,21)(H,22,23)/t12-,15?/m0/s1. The van der Waals surface area contributed by atoms with Gasteiger partial charge in [-0.1, -0.05) is 19.1 Å². The van der Waals surface area contributed by atoms with Crippen LogP contribution in [0.25, 0.3) is 0 Å². The van der Waals surface area contributed by atoms with Crippen molar-refractivity contribution in [3.8, 4) is 5.75 Å². The maximum atomic E-state index is 11.6. The van der Waals surface area contributed by atoms with Gasteiger partial charge in [-0.2, -0.15) is 0 Å². The fraction of sp³-hybridized carbons (Fsp3) is 0.529. The molecule has 1 saturated heterocycles. The minimum absolute atomic E-state index is 0.227. The molecule has 1 amide bonds. The molecular formula is C17H24N2O4. The number of rotatable bonds is 6. The first-order valence-electron chi connectivity index (χ1n) is 7.95. The summed E-state index contributed by atoms with van der Waals surface area (Å²) in [4.78, 5) is 24.2. The second-order valence-corrected chi connectivity index (χ2v) is 6.19. The average molecular weight is 320 g/mol. The first-order valence-corrected chi connectivity index (χ1v) is 7.95. The molecule has 126 valence electrons. The number of amides is 1. The average Bonchev–Trinajstić information content (AvgIpc) is 2.51. The molecule has 3 N–H and O–H groups in total. The van der Waals surface area contributed by atoms with Gasteiger partial charge in [-0.05, 0) is 42.5 Å². The van der Waals surface area contributed by atoms with Gasteiger partial charge in [-0.3, -0.25) is 9.59 Å². The topological polar surface area (TPSA) is 89.9 Å². The first-order chi connectivity index (χ1) is 11.0. The van der Waals surface area contributed by atoms with Gasteiger partial charge in [0.15, 0.2) is 0 Å². The number of carbonyl (C=O) groups is 2. The smallest absolute Gasteiger partial charge is 0.322 e. The van der Waals surface area contributed by atoms with Crippen LogP contribution in [-0.2, 0) is 9.59 Å². The quantitative estimate of drug-likeness (QED) is 0.737. The monoisotopic (exact) mass is 320 g/mol. The van der Waals surface area contributed by atoms with E-state index in [9.17, 15) is 14.7 Å². The molecule has 1 aromatic carbocycles. The molecule has 23 heavy (non-hydrogen) atoms. The Morgan fingerprint density at radius 1 is 1.39 bits per heavy atom. The summed E-state index contributed by atoms with van der Waals surface area (Å²) in [6.45, 7) is 4.30. The molecule has 0 bridgehead atoms. The van der Waals surface area contributed by atoms with E-state index in [-0.39, 0.29) is 12.5 Å². The zero-order valence-corrected chi connectivity index (χ0v) is 13.4. The van der Waals surface area contributed by atoms with Crippen molar-refractivity contribution in [3.05, 3.63) is 29.8 Å². The zero-order chi connectivity index (χ0) is 16.8. The van der Waals surface area contributed by atoms with Gasteiger partial charge >= 0.3 is 5.97 Å². The predicted molar refractivity (Wildman–Crippen MR) is 86.3 cm³/mol. The Labute approximate surface area is 136 Å². The molecule has 0 aromatic heterocycles. The van der Waals surface area contributed by atoms with E-state index in [0.29, 0.717) is 30.6 Å². The van der Waals surface area contributed by atoms with Crippen LogP contribution < -0.4 is 5.32 Å². The van der Waals surface area contributed by atoms with E-state index in [4.69, 9.17) is 5.11 Å². The molecule has 1 heterocycles. The van der Waals surface area contributed by atoms with Crippen molar-refractivity contribution in [3.63, 3.8) is 0 Å². The number of hydrogen-bond acceptors (Lipinski definition) is 4. The van der Waals surface area contributed by atoms with Crippen LogP contribution >= 0.6 is 0 Å². The highest BCUT2D eigenvalue weighted by Gasteiger charge is 2.27. The van der Waals surface area contributed by atoms with Gasteiger partial charge in [-0.25, -0.2) is 0 Å². The van der Waals surface area contributed by atoms with Crippen LogP contribution in [0.2, 0.25) is 0 Å². The Balaban J connectivity index is 1.80. The SMILES string of the molecule is C[C@H]1CN(CCC(=O)NCC(=O)O)CCC1c1cccc(O)c1. The van der Waals surface area contributed by atoms with Crippen LogP contribution in [0.1, 0.15) is 31.2 Å². The van der Waals surface area contributed by atoms with Crippen LogP contribution in [0.3, 0.4) is 0 Å². The lowest BCUT2D eigenvalue weighted by Crippen LogP contribution is -2.40. The highest BCUT2D eigenvalue weighted by molar-refractivity contribution is 5.81. The number of aromatic hydroxyl groups is 1. The lowest BCUT2D eigenvalue weighted by Gasteiger charge is -2.37. The molecule has 1 aromatic rings. The number of hydrogen-bond donors (Lipinski definition) is 3. The normalized spacial score (nSPS) is 21.8. The van der Waals surface area contributed by atoms with Crippen molar-refractivity contribution in [2.24, 2.45) is 5.92 Å². The highest BCUT2D eigenvalue weighted by atomic mass is 16.4. The number of phenols is 1. The molecule has 0 radical (unpaired) electrons. The van der Waals surface area contributed by atoms with Gasteiger partial charge < -0.3 is 20.4 Å². The number of aliphatic carboxylic acids is 1. The number of carboxylic acids is 1. The predicted octanol–water partition coefficient (Wildman–Crippen LogP) is 1.41. The number of phenolic OH excluding ortho intramolecular Hbond substituents is 1. The molecule has 2 rings (SSSR count). The lowest BCUT2D eigenvalue weighted by molar-refractivity contribution is -0.138. The molecule has 2 atom stereocenters. The van der Waals surface area contributed by atoms with Gasteiger partial charge in [0, 0.05) is 19.5 Å². The summed E-state index contributed by atoms with van der Waals surface area (Å²) in [5.74, 6) is -0.104. The van der Waals surface area contributed by atoms with E-state index < -0.39 is 5.97 Å². The minimum Gasteiger partial charge on any atom is -0.508 e. The Morgan fingerprint density at radius 2 is 2.17 bits per heavy atom. The molecule has 0 spiro atoms. The second-order valence-electron chi connectivity index (χ2n) is 6.19. The fourth-order valence-corrected chi connectivity index (χ4v) is 3.21. The third-order valence-electron chi connectivity index (χ3n) is 4.38. The third kappa shape index (κ3) is 5.25. The van der Waals surface area contributed by atoms with E-state index in [0.717, 1.165) is 25.1 Å². The molecule has 1 unspecified atom stereocenters. The van der Waals surface area contributed by atoms with Crippen LogP contribution in [0.4, 0.5) is 0 Å².